The molecule has 0 fully saturated rings. The lowest BCUT2D eigenvalue weighted by molar-refractivity contribution is 0.652. The zero-order chi connectivity index (χ0) is 38.1. The molecule has 0 spiro atoms. The Bertz CT molecular complexity index is 2870. The van der Waals surface area contributed by atoms with Gasteiger partial charge in [-0.25, -0.2) is 9.97 Å². The SMILES string of the molecule is Cc1cc(-c2nc3ccccc3n2-c2ccccc2)cc2c1-c1cc3c(cc1C2(C)C)-c1c(C)cc(-c2nc4ccccc4n2-c2ccccc2)cc1C3(C)C. The maximum atomic E-state index is 5.25. The summed E-state index contributed by atoms with van der Waals surface area (Å²) < 4.78 is 4.62. The van der Waals surface area contributed by atoms with Crippen molar-refractivity contribution in [2.75, 3.05) is 0 Å². The molecule has 270 valence electrons. The molecule has 11 rings (SSSR count). The fourth-order valence-corrected chi connectivity index (χ4v) is 9.99. The number of aromatic nitrogens is 4. The summed E-state index contributed by atoms with van der Waals surface area (Å²) in [5.74, 6) is 1.94. The van der Waals surface area contributed by atoms with Crippen LogP contribution in [0.25, 0.3) is 78.5 Å². The molecule has 0 unspecified atom stereocenters. The molecule has 4 nitrogen and oxygen atoms in total. The third-order valence-electron chi connectivity index (χ3n) is 12.7. The summed E-state index contributed by atoms with van der Waals surface area (Å²) in [6.45, 7) is 14.2. The van der Waals surface area contributed by atoms with E-state index < -0.39 is 0 Å². The Hall–Kier alpha value is -6.52. The summed E-state index contributed by atoms with van der Waals surface area (Å²) in [6.07, 6.45) is 0. The fraction of sp³-hybridized carbons (Fsp3) is 0.154. The smallest absolute Gasteiger partial charge is 0.145 e. The minimum atomic E-state index is -0.203. The number of nitrogens with zero attached hydrogens (tertiary/aromatic N) is 4. The van der Waals surface area contributed by atoms with E-state index in [9.17, 15) is 0 Å². The highest BCUT2D eigenvalue weighted by Crippen LogP contribution is 2.58. The summed E-state index contributed by atoms with van der Waals surface area (Å²) in [4.78, 5) is 10.5. The number of aryl methyl sites for hydroxylation is 2. The zero-order valence-electron chi connectivity index (χ0n) is 32.6. The van der Waals surface area contributed by atoms with Crippen LogP contribution >= 0.6 is 0 Å². The molecule has 0 radical (unpaired) electrons. The highest BCUT2D eigenvalue weighted by Gasteiger charge is 2.43. The van der Waals surface area contributed by atoms with Gasteiger partial charge in [0, 0.05) is 33.3 Å². The van der Waals surface area contributed by atoms with Crippen molar-refractivity contribution in [2.24, 2.45) is 0 Å². The van der Waals surface area contributed by atoms with Crippen molar-refractivity contribution in [3.05, 3.63) is 179 Å². The average molecular weight is 723 g/mol. The Morgan fingerprint density at radius 2 is 0.786 bits per heavy atom. The van der Waals surface area contributed by atoms with Crippen LogP contribution in [0.15, 0.2) is 146 Å². The predicted octanol–water partition coefficient (Wildman–Crippen LogP) is 12.9. The first-order valence-electron chi connectivity index (χ1n) is 19.7. The summed E-state index contributed by atoms with van der Waals surface area (Å²) in [6, 6.07) is 52.8. The van der Waals surface area contributed by atoms with Crippen LogP contribution in [-0.4, -0.2) is 19.1 Å². The van der Waals surface area contributed by atoms with E-state index in [1.54, 1.807) is 0 Å². The molecule has 56 heavy (non-hydrogen) atoms. The first-order chi connectivity index (χ1) is 27.1. The van der Waals surface area contributed by atoms with Gasteiger partial charge in [0.25, 0.3) is 0 Å². The molecule has 0 amide bonds. The molecule has 2 aliphatic carbocycles. The number of rotatable bonds is 4. The standard InChI is InChI=1S/C52H42N4/c1-31-25-33(49-53-43-21-13-15-23-45(43)55(49)35-17-9-7-10-18-35)27-41-47(31)37-29-40-38(30-39(37)51(41,3)4)48-32(2)26-34(28-42(48)52(40,5)6)50-54-44-22-14-16-24-46(44)56(50)36-19-11-8-12-20-36/h7-30H,1-6H3. The number of fused-ring (bicyclic) bond motifs is 8. The van der Waals surface area contributed by atoms with Gasteiger partial charge < -0.3 is 0 Å². The van der Waals surface area contributed by atoms with Gasteiger partial charge in [-0.05, 0) is 154 Å². The van der Waals surface area contributed by atoms with E-state index in [0.29, 0.717) is 0 Å². The third-order valence-corrected chi connectivity index (χ3v) is 12.7. The Morgan fingerprint density at radius 1 is 0.411 bits per heavy atom. The van der Waals surface area contributed by atoms with Gasteiger partial charge in [-0.3, -0.25) is 9.13 Å². The molecule has 0 aliphatic heterocycles. The van der Waals surface area contributed by atoms with Crippen LogP contribution in [0.4, 0.5) is 0 Å². The molecule has 2 aliphatic rings. The van der Waals surface area contributed by atoms with Crippen molar-refractivity contribution >= 4 is 22.1 Å². The van der Waals surface area contributed by atoms with E-state index in [4.69, 9.17) is 9.97 Å². The van der Waals surface area contributed by atoms with Gasteiger partial charge in [0.2, 0.25) is 0 Å². The second kappa shape index (κ2) is 11.5. The monoisotopic (exact) mass is 722 g/mol. The first-order valence-corrected chi connectivity index (χ1v) is 19.7. The van der Waals surface area contributed by atoms with Crippen molar-refractivity contribution in [1.29, 1.82) is 0 Å². The van der Waals surface area contributed by atoms with E-state index in [1.165, 1.54) is 55.6 Å². The molecule has 2 heterocycles. The molecule has 0 bridgehead atoms. The minimum Gasteiger partial charge on any atom is -0.292 e. The third kappa shape index (κ3) is 4.47. The lowest BCUT2D eigenvalue weighted by Gasteiger charge is -2.24. The second-order valence-corrected chi connectivity index (χ2v) is 16.8. The van der Waals surface area contributed by atoms with E-state index in [1.807, 2.05) is 0 Å². The van der Waals surface area contributed by atoms with Crippen molar-refractivity contribution in [1.82, 2.24) is 19.1 Å². The van der Waals surface area contributed by atoms with Crippen molar-refractivity contribution in [3.63, 3.8) is 0 Å². The van der Waals surface area contributed by atoms with Gasteiger partial charge in [0.15, 0.2) is 0 Å². The lowest BCUT2D eigenvalue weighted by Crippen LogP contribution is -2.17. The summed E-state index contributed by atoms with van der Waals surface area (Å²) >= 11 is 0. The van der Waals surface area contributed by atoms with Gasteiger partial charge in [0.1, 0.15) is 11.6 Å². The number of imidazole rings is 2. The Morgan fingerprint density at radius 3 is 1.20 bits per heavy atom. The van der Waals surface area contributed by atoms with Crippen LogP contribution in [0, 0.1) is 13.8 Å². The Kier molecular flexibility index (Phi) is 6.75. The molecule has 0 saturated heterocycles. The minimum absolute atomic E-state index is 0.203. The first kappa shape index (κ1) is 32.9. The van der Waals surface area contributed by atoms with E-state index in [2.05, 4.69) is 196 Å². The van der Waals surface area contributed by atoms with Crippen molar-refractivity contribution in [3.8, 4) is 56.4 Å². The van der Waals surface area contributed by atoms with Crippen LogP contribution < -0.4 is 0 Å². The topological polar surface area (TPSA) is 35.6 Å². The quantitative estimate of drug-likeness (QED) is 0.181. The molecule has 0 saturated carbocycles. The van der Waals surface area contributed by atoms with Gasteiger partial charge in [0.05, 0.1) is 22.1 Å². The van der Waals surface area contributed by atoms with Crippen LogP contribution in [0.3, 0.4) is 0 Å². The highest BCUT2D eigenvalue weighted by atomic mass is 15.1. The normalized spacial score (nSPS) is 14.5. The predicted molar refractivity (Wildman–Crippen MR) is 231 cm³/mol. The summed E-state index contributed by atoms with van der Waals surface area (Å²) in [5.41, 5.74) is 21.8. The number of hydrogen-bond donors (Lipinski definition) is 0. The van der Waals surface area contributed by atoms with Gasteiger partial charge >= 0.3 is 0 Å². The largest absolute Gasteiger partial charge is 0.292 e. The van der Waals surface area contributed by atoms with Crippen LogP contribution in [0.5, 0.6) is 0 Å². The molecular formula is C52H42N4. The maximum Gasteiger partial charge on any atom is 0.145 e. The number of hydrogen-bond acceptors (Lipinski definition) is 2. The Labute approximate surface area is 327 Å². The molecule has 2 aromatic heterocycles. The maximum absolute atomic E-state index is 5.25. The molecule has 9 aromatic rings. The van der Waals surface area contributed by atoms with E-state index in [-0.39, 0.29) is 10.8 Å². The van der Waals surface area contributed by atoms with Crippen LogP contribution in [-0.2, 0) is 10.8 Å². The van der Waals surface area contributed by atoms with Crippen molar-refractivity contribution in [2.45, 2.75) is 52.4 Å². The van der Waals surface area contributed by atoms with Crippen molar-refractivity contribution < 1.29 is 0 Å². The summed E-state index contributed by atoms with van der Waals surface area (Å²) in [7, 11) is 0. The number of benzene rings is 7. The molecule has 4 heteroatoms. The van der Waals surface area contributed by atoms with Gasteiger partial charge in [-0.15, -0.1) is 0 Å². The Balaban J connectivity index is 1.06. The summed E-state index contributed by atoms with van der Waals surface area (Å²) in [5, 5.41) is 0. The van der Waals surface area contributed by atoms with Gasteiger partial charge in [-0.2, -0.15) is 0 Å². The number of para-hydroxylation sites is 6. The molecule has 7 aromatic carbocycles. The van der Waals surface area contributed by atoms with Crippen LogP contribution in [0.1, 0.15) is 61.1 Å². The van der Waals surface area contributed by atoms with Crippen LogP contribution in [0.2, 0.25) is 0 Å². The average Bonchev–Trinajstić information content (AvgIpc) is 3.91. The second-order valence-electron chi connectivity index (χ2n) is 16.8. The fourth-order valence-electron chi connectivity index (χ4n) is 9.99. The van der Waals surface area contributed by atoms with Gasteiger partial charge in [-0.1, -0.05) is 88.4 Å². The van der Waals surface area contributed by atoms with E-state index in [0.717, 1.165) is 56.2 Å². The molecular weight excluding hydrogens is 681 g/mol. The molecule has 0 N–H and O–H groups in total. The zero-order valence-corrected chi connectivity index (χ0v) is 32.6. The molecule has 0 atom stereocenters. The lowest BCUT2D eigenvalue weighted by atomic mass is 9.79. The van der Waals surface area contributed by atoms with E-state index >= 15 is 0 Å². The highest BCUT2D eigenvalue weighted by molar-refractivity contribution is 5.94.